The van der Waals surface area contributed by atoms with Gasteiger partial charge in [-0.1, -0.05) is 30.3 Å². The Morgan fingerprint density at radius 2 is 2.00 bits per heavy atom. The van der Waals surface area contributed by atoms with Crippen molar-refractivity contribution < 1.29 is 14.6 Å². The molecule has 0 spiro atoms. The Kier molecular flexibility index (Phi) is 6.75. The van der Waals surface area contributed by atoms with E-state index in [0.29, 0.717) is 31.0 Å². The first-order valence-corrected chi connectivity index (χ1v) is 8.20. The van der Waals surface area contributed by atoms with Crippen LogP contribution in [-0.2, 0) is 0 Å². The van der Waals surface area contributed by atoms with E-state index >= 15 is 0 Å². The van der Waals surface area contributed by atoms with Gasteiger partial charge in [0.05, 0.1) is 12.7 Å². The third-order valence-corrected chi connectivity index (χ3v) is 3.70. The number of aliphatic hydroxyl groups is 1. The molecule has 0 aliphatic rings. The van der Waals surface area contributed by atoms with Crippen molar-refractivity contribution in [1.82, 2.24) is 10.3 Å². The number of nitrogens with zero attached hydrogens (tertiary/aromatic N) is 1. The summed E-state index contributed by atoms with van der Waals surface area (Å²) in [7, 11) is 0. The molecule has 5 nitrogen and oxygen atoms in total. The number of aliphatic hydroxyl groups excluding tert-OH is 1. The molecule has 5 heteroatoms. The number of rotatable bonds is 8. The fraction of sp³-hybridized carbons (Fsp3) is 0.368. The van der Waals surface area contributed by atoms with Crippen LogP contribution < -0.4 is 10.1 Å². The molecule has 0 radical (unpaired) electrons. The van der Waals surface area contributed by atoms with Crippen molar-refractivity contribution in [3.8, 4) is 5.88 Å². The first kappa shape index (κ1) is 17.9. The number of hydrogen-bond acceptors (Lipinski definition) is 4. The van der Waals surface area contributed by atoms with Crippen LogP contribution >= 0.6 is 0 Å². The van der Waals surface area contributed by atoms with Crippen molar-refractivity contribution in [2.75, 3.05) is 13.2 Å². The molecule has 0 aliphatic carbocycles. The van der Waals surface area contributed by atoms with Crippen molar-refractivity contribution in [3.63, 3.8) is 0 Å². The van der Waals surface area contributed by atoms with Gasteiger partial charge in [0, 0.05) is 18.7 Å². The smallest absolute Gasteiger partial charge is 0.256 e. The first-order valence-electron chi connectivity index (χ1n) is 8.20. The number of amides is 1. The van der Waals surface area contributed by atoms with Crippen LogP contribution in [0.25, 0.3) is 0 Å². The van der Waals surface area contributed by atoms with E-state index in [9.17, 15) is 9.90 Å². The van der Waals surface area contributed by atoms with Crippen LogP contribution in [0.1, 0.15) is 42.1 Å². The lowest BCUT2D eigenvalue weighted by atomic mass is 9.93. The van der Waals surface area contributed by atoms with Crippen LogP contribution in [-0.4, -0.2) is 35.3 Å². The molecular weight excluding hydrogens is 304 g/mol. The zero-order valence-corrected chi connectivity index (χ0v) is 14.1. The minimum absolute atomic E-state index is 0.0439. The summed E-state index contributed by atoms with van der Waals surface area (Å²) in [5, 5.41) is 12.7. The highest BCUT2D eigenvalue weighted by molar-refractivity contribution is 5.96. The van der Waals surface area contributed by atoms with E-state index in [-0.39, 0.29) is 11.8 Å². The standard InChI is InChI=1S/C19H24N2O3/c1-3-24-19-17(10-7-11-20-19)18(23)21-13-16(12-14(2)22)15-8-5-4-6-9-15/h4-11,14,16,22H,3,12-13H2,1-2H3,(H,21,23). The molecule has 24 heavy (non-hydrogen) atoms. The Morgan fingerprint density at radius 3 is 2.67 bits per heavy atom. The minimum Gasteiger partial charge on any atom is -0.477 e. The fourth-order valence-corrected chi connectivity index (χ4v) is 2.60. The highest BCUT2D eigenvalue weighted by Crippen LogP contribution is 2.21. The number of aromatic nitrogens is 1. The monoisotopic (exact) mass is 328 g/mol. The molecule has 0 aliphatic heterocycles. The summed E-state index contributed by atoms with van der Waals surface area (Å²) in [6.07, 6.45) is 1.74. The van der Waals surface area contributed by atoms with Crippen LogP contribution in [0.3, 0.4) is 0 Å². The van der Waals surface area contributed by atoms with Gasteiger partial charge in [0.2, 0.25) is 5.88 Å². The largest absolute Gasteiger partial charge is 0.477 e. The van der Waals surface area contributed by atoms with Crippen molar-refractivity contribution in [2.45, 2.75) is 32.3 Å². The summed E-state index contributed by atoms with van der Waals surface area (Å²) in [6.45, 7) is 4.50. The molecule has 2 rings (SSSR count). The van der Waals surface area contributed by atoms with Crippen LogP contribution in [0.15, 0.2) is 48.7 Å². The van der Waals surface area contributed by atoms with Gasteiger partial charge < -0.3 is 15.2 Å². The maximum atomic E-state index is 12.5. The van der Waals surface area contributed by atoms with Gasteiger partial charge in [-0.25, -0.2) is 4.98 Å². The number of pyridine rings is 1. The van der Waals surface area contributed by atoms with E-state index in [2.05, 4.69) is 10.3 Å². The second kappa shape index (κ2) is 9.03. The van der Waals surface area contributed by atoms with Gasteiger partial charge in [-0.2, -0.15) is 0 Å². The van der Waals surface area contributed by atoms with E-state index in [1.165, 1.54) is 0 Å². The second-order valence-corrected chi connectivity index (χ2v) is 5.69. The third-order valence-electron chi connectivity index (χ3n) is 3.70. The zero-order chi connectivity index (χ0) is 17.4. The Labute approximate surface area is 142 Å². The molecular formula is C19H24N2O3. The van der Waals surface area contributed by atoms with Crippen molar-refractivity contribution in [1.29, 1.82) is 0 Å². The molecule has 2 N–H and O–H groups in total. The lowest BCUT2D eigenvalue weighted by molar-refractivity contribution is 0.0941. The number of hydrogen-bond donors (Lipinski definition) is 2. The number of nitrogens with one attached hydrogen (secondary N) is 1. The van der Waals surface area contributed by atoms with Gasteiger partial charge in [-0.3, -0.25) is 4.79 Å². The summed E-state index contributed by atoms with van der Waals surface area (Å²) in [4.78, 5) is 16.6. The number of ether oxygens (including phenoxy) is 1. The number of benzene rings is 1. The predicted molar refractivity (Wildman–Crippen MR) is 93.2 cm³/mol. The fourth-order valence-electron chi connectivity index (χ4n) is 2.60. The normalized spacial score (nSPS) is 13.1. The summed E-state index contributed by atoms with van der Waals surface area (Å²) < 4.78 is 5.40. The molecule has 0 saturated carbocycles. The van der Waals surface area contributed by atoms with Crippen LogP contribution in [0.4, 0.5) is 0 Å². The molecule has 128 valence electrons. The Morgan fingerprint density at radius 1 is 1.25 bits per heavy atom. The molecule has 1 heterocycles. The molecule has 2 atom stereocenters. The quantitative estimate of drug-likeness (QED) is 0.781. The molecule has 2 unspecified atom stereocenters. The van der Waals surface area contributed by atoms with Gasteiger partial charge >= 0.3 is 0 Å². The van der Waals surface area contributed by atoms with Gasteiger partial charge in [0.25, 0.3) is 5.91 Å². The molecule has 2 aromatic rings. The molecule has 0 fully saturated rings. The number of carbonyl (C=O) groups excluding carboxylic acids is 1. The SMILES string of the molecule is CCOc1ncccc1C(=O)NCC(CC(C)O)c1ccccc1. The van der Waals surface area contributed by atoms with E-state index in [0.717, 1.165) is 5.56 Å². The van der Waals surface area contributed by atoms with E-state index in [4.69, 9.17) is 4.74 Å². The van der Waals surface area contributed by atoms with Crippen LogP contribution in [0.2, 0.25) is 0 Å². The Balaban J connectivity index is 2.07. The summed E-state index contributed by atoms with van der Waals surface area (Å²) >= 11 is 0. The van der Waals surface area contributed by atoms with E-state index in [1.54, 1.807) is 25.3 Å². The first-order chi connectivity index (χ1) is 11.6. The molecule has 1 amide bonds. The van der Waals surface area contributed by atoms with Crippen molar-refractivity contribution >= 4 is 5.91 Å². The Hall–Kier alpha value is -2.40. The zero-order valence-electron chi connectivity index (χ0n) is 14.1. The average molecular weight is 328 g/mol. The number of carbonyl (C=O) groups is 1. The topological polar surface area (TPSA) is 71.5 Å². The van der Waals surface area contributed by atoms with Gasteiger partial charge in [0.15, 0.2) is 0 Å². The Bertz CT molecular complexity index is 644. The average Bonchev–Trinajstić information content (AvgIpc) is 2.59. The van der Waals surface area contributed by atoms with Crippen LogP contribution in [0.5, 0.6) is 5.88 Å². The summed E-state index contributed by atoms with van der Waals surface area (Å²) in [5.41, 5.74) is 1.51. The summed E-state index contributed by atoms with van der Waals surface area (Å²) in [6, 6.07) is 13.3. The second-order valence-electron chi connectivity index (χ2n) is 5.69. The van der Waals surface area contributed by atoms with Gasteiger partial charge in [-0.15, -0.1) is 0 Å². The minimum atomic E-state index is -0.440. The van der Waals surface area contributed by atoms with Gasteiger partial charge in [0.1, 0.15) is 5.56 Å². The van der Waals surface area contributed by atoms with E-state index < -0.39 is 6.10 Å². The van der Waals surface area contributed by atoms with Crippen LogP contribution in [0, 0.1) is 0 Å². The van der Waals surface area contributed by atoms with Crippen molar-refractivity contribution in [2.24, 2.45) is 0 Å². The third kappa shape index (κ3) is 5.06. The maximum Gasteiger partial charge on any atom is 0.256 e. The lowest BCUT2D eigenvalue weighted by Crippen LogP contribution is -2.30. The maximum absolute atomic E-state index is 12.5. The van der Waals surface area contributed by atoms with E-state index in [1.807, 2.05) is 37.3 Å². The molecule has 0 bridgehead atoms. The molecule has 1 aromatic carbocycles. The lowest BCUT2D eigenvalue weighted by Gasteiger charge is -2.20. The van der Waals surface area contributed by atoms with Crippen molar-refractivity contribution in [3.05, 3.63) is 59.8 Å². The summed E-state index contributed by atoms with van der Waals surface area (Å²) in [5.74, 6) is 0.157. The molecule has 0 saturated heterocycles. The molecule has 1 aromatic heterocycles. The predicted octanol–water partition coefficient (Wildman–Crippen LogP) is 2.76. The highest BCUT2D eigenvalue weighted by Gasteiger charge is 2.18. The highest BCUT2D eigenvalue weighted by atomic mass is 16.5. The van der Waals surface area contributed by atoms with Gasteiger partial charge in [-0.05, 0) is 38.0 Å².